The molecule has 1 saturated carbocycles. The second kappa shape index (κ2) is 8.58. The van der Waals surface area contributed by atoms with Gasteiger partial charge in [-0.1, -0.05) is 48.9 Å². The topological polar surface area (TPSA) is 49.4 Å². The lowest BCUT2D eigenvalue weighted by Gasteiger charge is -2.32. The molecule has 2 aliphatic rings. The SMILES string of the molecule is CCNC(=O)[C@@]1(Cc2ccccc2-c2ccccc2F)CCN(C(=O)C2CCC2)C1. The predicted octanol–water partition coefficient (Wildman–Crippen LogP) is 4.19. The molecule has 4 nitrogen and oxygen atoms in total. The molecular formula is C25H29FN2O2. The van der Waals surface area contributed by atoms with Crippen molar-refractivity contribution in [2.45, 2.75) is 39.0 Å². The summed E-state index contributed by atoms with van der Waals surface area (Å²) in [5, 5.41) is 2.98. The number of hydrogen-bond donors (Lipinski definition) is 1. The molecule has 1 heterocycles. The van der Waals surface area contributed by atoms with E-state index in [-0.39, 0.29) is 23.5 Å². The first-order valence-electron chi connectivity index (χ1n) is 10.9. The summed E-state index contributed by atoms with van der Waals surface area (Å²) in [4.78, 5) is 27.9. The number of carbonyl (C=O) groups excluding carboxylic acids is 2. The fraction of sp³-hybridized carbons (Fsp3) is 0.440. The van der Waals surface area contributed by atoms with Gasteiger partial charge in [-0.25, -0.2) is 4.39 Å². The molecule has 0 bridgehead atoms. The number of rotatable bonds is 6. The van der Waals surface area contributed by atoms with Crippen molar-refractivity contribution in [2.24, 2.45) is 11.3 Å². The van der Waals surface area contributed by atoms with Crippen LogP contribution in [-0.2, 0) is 16.0 Å². The van der Waals surface area contributed by atoms with Crippen molar-refractivity contribution < 1.29 is 14.0 Å². The van der Waals surface area contributed by atoms with E-state index in [0.717, 1.165) is 30.4 Å². The largest absolute Gasteiger partial charge is 0.356 e. The standard InChI is InChI=1S/C25H29FN2O2/c1-2-27-24(30)25(14-15-28(17-25)23(29)18-9-7-10-18)16-19-8-3-4-11-20(19)21-12-5-6-13-22(21)26/h3-6,8,11-13,18H,2,7,9-10,14-17H2,1H3,(H,27,30)/t25-/m1/s1. The first kappa shape index (κ1) is 20.6. The number of likely N-dealkylation sites (tertiary alicyclic amines) is 1. The van der Waals surface area contributed by atoms with Crippen LogP contribution in [0.25, 0.3) is 11.1 Å². The zero-order valence-corrected chi connectivity index (χ0v) is 17.5. The molecule has 2 amide bonds. The third kappa shape index (κ3) is 3.85. The lowest BCUT2D eigenvalue weighted by atomic mass is 9.78. The molecule has 1 atom stereocenters. The Kier molecular flexibility index (Phi) is 5.89. The van der Waals surface area contributed by atoms with Gasteiger partial charge in [0.2, 0.25) is 11.8 Å². The molecule has 1 N–H and O–H groups in total. The van der Waals surface area contributed by atoms with Gasteiger partial charge in [0.15, 0.2) is 0 Å². The monoisotopic (exact) mass is 408 g/mol. The van der Waals surface area contributed by atoms with Crippen molar-refractivity contribution >= 4 is 11.8 Å². The van der Waals surface area contributed by atoms with Crippen molar-refractivity contribution in [3.8, 4) is 11.1 Å². The fourth-order valence-corrected chi connectivity index (χ4v) is 4.71. The maximum Gasteiger partial charge on any atom is 0.228 e. The number of carbonyl (C=O) groups is 2. The molecule has 0 unspecified atom stereocenters. The van der Waals surface area contributed by atoms with E-state index in [1.165, 1.54) is 6.07 Å². The number of nitrogens with zero attached hydrogens (tertiary/aromatic N) is 1. The van der Waals surface area contributed by atoms with Gasteiger partial charge in [-0.05, 0) is 49.8 Å². The van der Waals surface area contributed by atoms with Gasteiger partial charge in [0, 0.05) is 31.1 Å². The zero-order valence-electron chi connectivity index (χ0n) is 17.5. The van der Waals surface area contributed by atoms with Crippen LogP contribution in [0.4, 0.5) is 4.39 Å². The van der Waals surface area contributed by atoms with Crippen molar-refractivity contribution in [1.82, 2.24) is 10.2 Å². The van der Waals surface area contributed by atoms with Crippen LogP contribution < -0.4 is 5.32 Å². The summed E-state index contributed by atoms with van der Waals surface area (Å²) in [7, 11) is 0. The molecule has 1 aliphatic carbocycles. The summed E-state index contributed by atoms with van der Waals surface area (Å²) >= 11 is 0. The van der Waals surface area contributed by atoms with E-state index >= 15 is 0 Å². The average molecular weight is 409 g/mol. The number of benzene rings is 2. The smallest absolute Gasteiger partial charge is 0.228 e. The Morgan fingerprint density at radius 2 is 1.80 bits per heavy atom. The minimum atomic E-state index is -0.684. The summed E-state index contributed by atoms with van der Waals surface area (Å²) in [5.41, 5.74) is 1.60. The summed E-state index contributed by atoms with van der Waals surface area (Å²) in [6.45, 7) is 3.49. The highest BCUT2D eigenvalue weighted by atomic mass is 19.1. The van der Waals surface area contributed by atoms with Crippen LogP contribution >= 0.6 is 0 Å². The number of amides is 2. The van der Waals surface area contributed by atoms with Crippen molar-refractivity contribution in [1.29, 1.82) is 0 Å². The van der Waals surface area contributed by atoms with Gasteiger partial charge in [0.1, 0.15) is 5.82 Å². The van der Waals surface area contributed by atoms with Gasteiger partial charge in [0.05, 0.1) is 5.41 Å². The number of nitrogens with one attached hydrogen (secondary N) is 1. The minimum absolute atomic E-state index is 0.0164. The third-order valence-electron chi connectivity index (χ3n) is 6.65. The highest BCUT2D eigenvalue weighted by Gasteiger charge is 2.47. The number of halogens is 1. The highest BCUT2D eigenvalue weighted by molar-refractivity contribution is 5.87. The third-order valence-corrected chi connectivity index (χ3v) is 6.65. The van der Waals surface area contributed by atoms with Crippen LogP contribution in [0.15, 0.2) is 48.5 Å². The van der Waals surface area contributed by atoms with Crippen LogP contribution in [0.3, 0.4) is 0 Å². The maximum atomic E-state index is 14.5. The second-order valence-corrected chi connectivity index (χ2v) is 8.59. The molecule has 158 valence electrons. The molecule has 0 radical (unpaired) electrons. The number of hydrogen-bond acceptors (Lipinski definition) is 2. The predicted molar refractivity (Wildman–Crippen MR) is 115 cm³/mol. The van der Waals surface area contributed by atoms with E-state index in [0.29, 0.717) is 38.0 Å². The van der Waals surface area contributed by atoms with Crippen LogP contribution in [-0.4, -0.2) is 36.3 Å². The van der Waals surface area contributed by atoms with Gasteiger partial charge in [-0.15, -0.1) is 0 Å². The molecule has 2 aromatic carbocycles. The first-order valence-corrected chi connectivity index (χ1v) is 10.9. The molecule has 0 spiro atoms. The minimum Gasteiger partial charge on any atom is -0.356 e. The Morgan fingerprint density at radius 3 is 2.47 bits per heavy atom. The zero-order chi connectivity index (χ0) is 21.1. The Balaban J connectivity index is 1.65. The molecule has 4 rings (SSSR count). The Hall–Kier alpha value is -2.69. The summed E-state index contributed by atoms with van der Waals surface area (Å²) in [5.74, 6) is 0.0259. The van der Waals surface area contributed by atoms with Crippen molar-refractivity contribution in [3.05, 3.63) is 59.9 Å². The highest BCUT2D eigenvalue weighted by Crippen LogP contribution is 2.40. The molecule has 1 aliphatic heterocycles. The van der Waals surface area contributed by atoms with E-state index in [9.17, 15) is 14.0 Å². The second-order valence-electron chi connectivity index (χ2n) is 8.59. The Bertz CT molecular complexity index is 940. The summed E-state index contributed by atoms with van der Waals surface area (Å²) < 4.78 is 14.5. The molecule has 30 heavy (non-hydrogen) atoms. The van der Waals surface area contributed by atoms with Gasteiger partial charge in [-0.3, -0.25) is 9.59 Å². The fourth-order valence-electron chi connectivity index (χ4n) is 4.71. The lowest BCUT2D eigenvalue weighted by Crippen LogP contribution is -2.46. The Morgan fingerprint density at radius 1 is 1.10 bits per heavy atom. The van der Waals surface area contributed by atoms with E-state index in [4.69, 9.17) is 0 Å². The lowest BCUT2D eigenvalue weighted by molar-refractivity contribution is -0.138. The van der Waals surface area contributed by atoms with E-state index < -0.39 is 5.41 Å². The molecule has 2 fully saturated rings. The maximum absolute atomic E-state index is 14.5. The molecule has 2 aromatic rings. The Labute approximate surface area is 177 Å². The average Bonchev–Trinajstić information content (AvgIpc) is 3.13. The van der Waals surface area contributed by atoms with Crippen LogP contribution in [0, 0.1) is 17.2 Å². The van der Waals surface area contributed by atoms with Crippen molar-refractivity contribution in [3.63, 3.8) is 0 Å². The quantitative estimate of drug-likeness (QED) is 0.779. The van der Waals surface area contributed by atoms with E-state index in [2.05, 4.69) is 5.32 Å². The van der Waals surface area contributed by atoms with E-state index in [1.807, 2.05) is 42.2 Å². The van der Waals surface area contributed by atoms with Gasteiger partial charge < -0.3 is 10.2 Å². The van der Waals surface area contributed by atoms with E-state index in [1.54, 1.807) is 12.1 Å². The van der Waals surface area contributed by atoms with Gasteiger partial charge >= 0.3 is 0 Å². The van der Waals surface area contributed by atoms with Crippen molar-refractivity contribution in [2.75, 3.05) is 19.6 Å². The molecular weight excluding hydrogens is 379 g/mol. The molecule has 1 saturated heterocycles. The normalized spacial score (nSPS) is 21.3. The summed E-state index contributed by atoms with van der Waals surface area (Å²) in [6, 6.07) is 14.4. The van der Waals surface area contributed by atoms with Crippen LogP contribution in [0.5, 0.6) is 0 Å². The van der Waals surface area contributed by atoms with Gasteiger partial charge in [-0.2, -0.15) is 0 Å². The molecule has 5 heteroatoms. The van der Waals surface area contributed by atoms with Gasteiger partial charge in [0.25, 0.3) is 0 Å². The molecule has 0 aromatic heterocycles. The summed E-state index contributed by atoms with van der Waals surface area (Å²) in [6.07, 6.45) is 4.14. The first-order chi connectivity index (χ1) is 14.5. The van der Waals surface area contributed by atoms with Crippen LogP contribution in [0.2, 0.25) is 0 Å². The van der Waals surface area contributed by atoms with Crippen LogP contribution in [0.1, 0.15) is 38.2 Å².